The van der Waals surface area contributed by atoms with Gasteiger partial charge in [0.15, 0.2) is 0 Å². The summed E-state index contributed by atoms with van der Waals surface area (Å²) in [5.74, 6) is -3.11. The third-order valence-electron chi connectivity index (χ3n) is 6.10. The van der Waals surface area contributed by atoms with Gasteiger partial charge in [-0.2, -0.15) is 13.2 Å². The van der Waals surface area contributed by atoms with Crippen LogP contribution in [0.2, 0.25) is 0 Å². The van der Waals surface area contributed by atoms with Gasteiger partial charge in [-0.3, -0.25) is 4.90 Å². The molecule has 35 heavy (non-hydrogen) atoms. The minimum atomic E-state index is -4.81. The first kappa shape index (κ1) is 25.1. The predicted octanol–water partition coefficient (Wildman–Crippen LogP) is 6.28. The number of rotatable bonds is 7. The SMILES string of the molecule is CC(F)(F)c1ccc(-c2cccc(OCC(O)CN3CCc4ccccc4C3)c2)c(C(F)(F)F)c1. The Bertz CT molecular complexity index is 1170. The highest BCUT2D eigenvalue weighted by molar-refractivity contribution is 5.70. The standard InChI is InChI=1S/C27H26F5NO2/c1-26(28,29)21-9-10-24(25(14-21)27(30,31)32)19-7-4-8-23(13-19)35-17-22(34)16-33-12-11-18-5-2-3-6-20(18)15-33/h2-10,13-14,22,34H,11-12,15-17H2,1H3. The van der Waals surface area contributed by atoms with Gasteiger partial charge in [-0.05, 0) is 46.9 Å². The molecule has 0 fully saturated rings. The second-order valence-electron chi connectivity index (χ2n) is 8.89. The number of benzene rings is 3. The van der Waals surface area contributed by atoms with Crippen LogP contribution < -0.4 is 4.74 Å². The van der Waals surface area contributed by atoms with E-state index < -0.39 is 29.3 Å². The van der Waals surface area contributed by atoms with E-state index in [1.165, 1.54) is 29.3 Å². The maximum Gasteiger partial charge on any atom is 0.417 e. The van der Waals surface area contributed by atoms with Crippen LogP contribution >= 0.6 is 0 Å². The zero-order valence-electron chi connectivity index (χ0n) is 19.2. The Balaban J connectivity index is 1.44. The summed E-state index contributed by atoms with van der Waals surface area (Å²) in [5, 5.41) is 10.5. The number of aliphatic hydroxyl groups excluding tert-OH is 1. The average molecular weight is 492 g/mol. The largest absolute Gasteiger partial charge is 0.491 e. The third-order valence-corrected chi connectivity index (χ3v) is 6.10. The molecule has 1 aliphatic rings. The summed E-state index contributed by atoms with van der Waals surface area (Å²) < 4.78 is 73.9. The van der Waals surface area contributed by atoms with Crippen LogP contribution in [0.3, 0.4) is 0 Å². The van der Waals surface area contributed by atoms with Gasteiger partial charge in [-0.25, -0.2) is 8.78 Å². The highest BCUT2D eigenvalue weighted by Crippen LogP contribution is 2.41. The molecule has 3 aromatic rings. The molecule has 1 atom stereocenters. The van der Waals surface area contributed by atoms with Crippen LogP contribution in [-0.2, 0) is 25.1 Å². The lowest BCUT2D eigenvalue weighted by molar-refractivity contribution is -0.137. The Kier molecular flexibility index (Phi) is 7.15. The van der Waals surface area contributed by atoms with Gasteiger partial charge in [0.05, 0.1) is 5.56 Å². The van der Waals surface area contributed by atoms with Crippen LogP contribution in [0.15, 0.2) is 66.7 Å². The fourth-order valence-electron chi connectivity index (χ4n) is 4.31. The average Bonchev–Trinajstić information content (AvgIpc) is 2.81. The number of β-amino-alcohol motifs (C(OH)–C–C–N with tert-alkyl or cyclic N) is 1. The van der Waals surface area contributed by atoms with E-state index in [2.05, 4.69) is 17.0 Å². The van der Waals surface area contributed by atoms with E-state index in [0.29, 0.717) is 19.5 Å². The van der Waals surface area contributed by atoms with Crippen LogP contribution in [0.4, 0.5) is 22.0 Å². The molecule has 0 bridgehead atoms. The van der Waals surface area contributed by atoms with Gasteiger partial charge in [-0.15, -0.1) is 0 Å². The van der Waals surface area contributed by atoms with Crippen molar-refractivity contribution in [2.24, 2.45) is 0 Å². The Labute approximate surface area is 200 Å². The fourth-order valence-corrected chi connectivity index (χ4v) is 4.31. The summed E-state index contributed by atoms with van der Waals surface area (Å²) in [7, 11) is 0. The second kappa shape index (κ2) is 9.95. The van der Waals surface area contributed by atoms with Crippen molar-refractivity contribution in [3.05, 3.63) is 89.0 Å². The van der Waals surface area contributed by atoms with E-state index in [4.69, 9.17) is 4.74 Å². The van der Waals surface area contributed by atoms with E-state index in [9.17, 15) is 27.1 Å². The fraction of sp³-hybridized carbons (Fsp3) is 0.333. The number of aliphatic hydroxyl groups is 1. The molecule has 0 amide bonds. The quantitative estimate of drug-likeness (QED) is 0.395. The molecule has 0 aromatic heterocycles. The van der Waals surface area contributed by atoms with Gasteiger partial charge in [0, 0.05) is 32.1 Å². The van der Waals surface area contributed by atoms with Crippen LogP contribution in [0, 0.1) is 0 Å². The Morgan fingerprint density at radius 3 is 2.40 bits per heavy atom. The first-order chi connectivity index (χ1) is 16.5. The van der Waals surface area contributed by atoms with Crippen molar-refractivity contribution >= 4 is 0 Å². The molecule has 1 N–H and O–H groups in total. The van der Waals surface area contributed by atoms with Gasteiger partial charge in [0.1, 0.15) is 18.5 Å². The Morgan fingerprint density at radius 2 is 1.69 bits per heavy atom. The summed E-state index contributed by atoms with van der Waals surface area (Å²) in [5.41, 5.74) is 0.655. The molecule has 4 rings (SSSR count). The number of halogens is 5. The lowest BCUT2D eigenvalue weighted by Crippen LogP contribution is -2.38. The topological polar surface area (TPSA) is 32.7 Å². The maximum absolute atomic E-state index is 13.7. The maximum atomic E-state index is 13.7. The molecule has 0 radical (unpaired) electrons. The molecule has 0 aliphatic carbocycles. The lowest BCUT2D eigenvalue weighted by Gasteiger charge is -2.30. The number of alkyl halides is 5. The highest BCUT2D eigenvalue weighted by Gasteiger charge is 2.36. The van der Waals surface area contributed by atoms with E-state index in [0.717, 1.165) is 31.6 Å². The molecule has 3 aromatic carbocycles. The van der Waals surface area contributed by atoms with Crippen molar-refractivity contribution in [3.63, 3.8) is 0 Å². The zero-order valence-corrected chi connectivity index (χ0v) is 19.2. The van der Waals surface area contributed by atoms with E-state index in [1.54, 1.807) is 6.07 Å². The summed E-state index contributed by atoms with van der Waals surface area (Å²) in [4.78, 5) is 2.13. The molecule has 1 aliphatic heterocycles. The van der Waals surface area contributed by atoms with Gasteiger partial charge < -0.3 is 9.84 Å². The Morgan fingerprint density at radius 1 is 0.943 bits per heavy atom. The van der Waals surface area contributed by atoms with E-state index >= 15 is 0 Å². The minimum absolute atomic E-state index is 0.0330. The summed E-state index contributed by atoms with van der Waals surface area (Å²) >= 11 is 0. The normalized spacial score (nSPS) is 15.5. The molecular weight excluding hydrogens is 465 g/mol. The smallest absolute Gasteiger partial charge is 0.417 e. The lowest BCUT2D eigenvalue weighted by atomic mass is 9.95. The van der Waals surface area contributed by atoms with Crippen molar-refractivity contribution in [3.8, 4) is 16.9 Å². The van der Waals surface area contributed by atoms with Crippen LogP contribution in [0.1, 0.15) is 29.2 Å². The highest BCUT2D eigenvalue weighted by atomic mass is 19.4. The molecule has 1 heterocycles. The third kappa shape index (κ3) is 6.18. The monoisotopic (exact) mass is 491 g/mol. The van der Waals surface area contributed by atoms with Crippen LogP contribution in [-0.4, -0.2) is 35.8 Å². The van der Waals surface area contributed by atoms with E-state index in [-0.39, 0.29) is 23.5 Å². The molecule has 1 unspecified atom stereocenters. The van der Waals surface area contributed by atoms with Crippen LogP contribution in [0.25, 0.3) is 11.1 Å². The Hall–Kier alpha value is -2.97. The second-order valence-corrected chi connectivity index (χ2v) is 8.89. The molecule has 0 spiro atoms. The number of nitrogens with zero attached hydrogens (tertiary/aromatic N) is 1. The van der Waals surface area contributed by atoms with Crippen molar-refractivity contribution in [2.75, 3.05) is 19.7 Å². The molecule has 8 heteroatoms. The van der Waals surface area contributed by atoms with Gasteiger partial charge in [0.25, 0.3) is 5.92 Å². The van der Waals surface area contributed by atoms with Crippen molar-refractivity contribution in [2.45, 2.75) is 38.1 Å². The zero-order chi connectivity index (χ0) is 25.2. The molecule has 0 saturated carbocycles. The number of hydrogen-bond acceptors (Lipinski definition) is 3. The predicted molar refractivity (Wildman–Crippen MR) is 123 cm³/mol. The number of hydrogen-bond donors (Lipinski definition) is 1. The van der Waals surface area contributed by atoms with Gasteiger partial charge in [-0.1, -0.05) is 48.5 Å². The van der Waals surface area contributed by atoms with E-state index in [1.807, 2.05) is 12.1 Å². The number of ether oxygens (including phenoxy) is 1. The first-order valence-electron chi connectivity index (χ1n) is 11.3. The van der Waals surface area contributed by atoms with Crippen molar-refractivity contribution in [1.29, 1.82) is 0 Å². The molecular formula is C27H26F5NO2. The summed E-state index contributed by atoms with van der Waals surface area (Å²) in [6.45, 7) is 2.48. The molecule has 186 valence electrons. The number of fused-ring (bicyclic) bond motifs is 1. The minimum Gasteiger partial charge on any atom is -0.491 e. The van der Waals surface area contributed by atoms with Crippen LogP contribution in [0.5, 0.6) is 5.75 Å². The summed E-state index contributed by atoms with van der Waals surface area (Å²) in [6, 6.07) is 16.7. The first-order valence-corrected chi connectivity index (χ1v) is 11.3. The van der Waals surface area contributed by atoms with Crippen molar-refractivity contribution < 1.29 is 31.8 Å². The van der Waals surface area contributed by atoms with Gasteiger partial charge >= 0.3 is 6.18 Å². The van der Waals surface area contributed by atoms with Crippen molar-refractivity contribution in [1.82, 2.24) is 4.90 Å². The molecule has 3 nitrogen and oxygen atoms in total. The summed E-state index contributed by atoms with van der Waals surface area (Å²) in [6.07, 6.45) is -4.70. The van der Waals surface area contributed by atoms with Gasteiger partial charge in [0.2, 0.25) is 0 Å². The molecule has 0 saturated heterocycles.